The second-order valence-corrected chi connectivity index (χ2v) is 11.4. The number of rotatable bonds is 11. The monoisotopic (exact) mass is 512 g/mol. The van der Waals surface area contributed by atoms with Crippen molar-refractivity contribution in [1.29, 1.82) is 0 Å². The van der Waals surface area contributed by atoms with Crippen LogP contribution in [0.25, 0.3) is 0 Å². The van der Waals surface area contributed by atoms with Gasteiger partial charge in [0.2, 0.25) is 0 Å². The standard InChI is InChI=1S/C28H43FN2O2.C4H6/c29-25-12-9-22(10-13-25)5-4-6-23-15-17-30(18-16-23)20-24-11-14-27(19-24)31(21-28(32)33)26-7-2-1-3-8-26;1-3-4-2/h9-10,12-13,23-24,26-27H,1-8,11,14-21H2,(H,32,33);3-4H,1-2H2/t24-,27?;/m1./s1. The average molecular weight is 513 g/mol. The molecule has 1 aromatic carbocycles. The van der Waals surface area contributed by atoms with E-state index in [2.05, 4.69) is 23.0 Å². The molecule has 2 aliphatic carbocycles. The number of likely N-dealkylation sites (tertiary alicyclic amines) is 1. The summed E-state index contributed by atoms with van der Waals surface area (Å²) in [4.78, 5) is 16.6. The Hall–Kier alpha value is -1.98. The molecule has 0 amide bonds. The minimum Gasteiger partial charge on any atom is -0.480 e. The Labute approximate surface area is 224 Å². The first-order valence-electron chi connectivity index (χ1n) is 14.7. The zero-order valence-corrected chi connectivity index (χ0v) is 22.8. The maximum Gasteiger partial charge on any atom is 0.317 e. The van der Waals surface area contributed by atoms with E-state index in [0.29, 0.717) is 12.1 Å². The van der Waals surface area contributed by atoms with Crippen LogP contribution in [0.4, 0.5) is 4.39 Å². The van der Waals surface area contributed by atoms with Crippen LogP contribution in [-0.4, -0.2) is 59.1 Å². The van der Waals surface area contributed by atoms with Crippen LogP contribution in [0.15, 0.2) is 49.6 Å². The van der Waals surface area contributed by atoms with E-state index in [4.69, 9.17) is 0 Å². The molecule has 5 heteroatoms. The Morgan fingerprint density at radius 1 is 0.946 bits per heavy atom. The van der Waals surface area contributed by atoms with E-state index in [1.165, 1.54) is 102 Å². The predicted octanol–water partition coefficient (Wildman–Crippen LogP) is 7.11. The predicted molar refractivity (Wildman–Crippen MR) is 151 cm³/mol. The van der Waals surface area contributed by atoms with Crippen LogP contribution in [0.2, 0.25) is 0 Å². The Morgan fingerprint density at radius 2 is 1.62 bits per heavy atom. The van der Waals surface area contributed by atoms with Gasteiger partial charge >= 0.3 is 5.97 Å². The third-order valence-corrected chi connectivity index (χ3v) is 8.73. The van der Waals surface area contributed by atoms with Gasteiger partial charge in [-0.05, 0) is 100 Å². The molecule has 0 radical (unpaired) electrons. The van der Waals surface area contributed by atoms with E-state index in [0.717, 1.165) is 18.3 Å². The van der Waals surface area contributed by atoms with Crippen LogP contribution < -0.4 is 0 Å². The Balaban J connectivity index is 0.000000886. The Kier molecular flexibility index (Phi) is 12.9. The van der Waals surface area contributed by atoms with Crippen LogP contribution in [0.5, 0.6) is 0 Å². The van der Waals surface area contributed by atoms with Gasteiger partial charge in [0, 0.05) is 18.6 Å². The number of allylic oxidation sites excluding steroid dienone is 2. The highest BCUT2D eigenvalue weighted by molar-refractivity contribution is 5.69. The lowest BCUT2D eigenvalue weighted by Crippen LogP contribution is -2.46. The minimum atomic E-state index is -0.662. The van der Waals surface area contributed by atoms with Crippen molar-refractivity contribution < 1.29 is 14.3 Å². The summed E-state index contributed by atoms with van der Waals surface area (Å²) in [7, 11) is 0. The molecule has 0 bridgehead atoms. The quantitative estimate of drug-likeness (QED) is 0.321. The SMILES string of the molecule is C=CC=C.O=C(O)CN(C1CCCCC1)C1CC[C@@H](CN2CCC(CCCc3ccc(F)cc3)CC2)C1. The number of hydrogen-bond donors (Lipinski definition) is 1. The lowest BCUT2D eigenvalue weighted by molar-refractivity contribution is -0.140. The zero-order valence-electron chi connectivity index (χ0n) is 22.8. The number of benzene rings is 1. The van der Waals surface area contributed by atoms with E-state index in [-0.39, 0.29) is 12.4 Å². The van der Waals surface area contributed by atoms with Gasteiger partial charge in [0.1, 0.15) is 5.82 Å². The summed E-state index contributed by atoms with van der Waals surface area (Å²) in [5.74, 6) is 0.745. The lowest BCUT2D eigenvalue weighted by Gasteiger charge is -2.38. The highest BCUT2D eigenvalue weighted by Gasteiger charge is 2.35. The minimum absolute atomic E-state index is 0.150. The molecule has 37 heavy (non-hydrogen) atoms. The van der Waals surface area contributed by atoms with Crippen molar-refractivity contribution in [1.82, 2.24) is 9.80 Å². The third kappa shape index (κ3) is 10.4. The van der Waals surface area contributed by atoms with E-state index in [9.17, 15) is 14.3 Å². The van der Waals surface area contributed by atoms with E-state index >= 15 is 0 Å². The van der Waals surface area contributed by atoms with Gasteiger partial charge < -0.3 is 10.0 Å². The number of hydrogen-bond acceptors (Lipinski definition) is 3. The Bertz CT molecular complexity index is 807. The molecule has 4 nitrogen and oxygen atoms in total. The number of aryl methyl sites for hydroxylation is 1. The molecule has 1 unspecified atom stereocenters. The molecule has 2 saturated carbocycles. The summed E-state index contributed by atoms with van der Waals surface area (Å²) in [6.07, 6.45) is 19.2. The molecule has 2 atom stereocenters. The summed E-state index contributed by atoms with van der Waals surface area (Å²) < 4.78 is 13.0. The van der Waals surface area contributed by atoms with Gasteiger partial charge in [0.25, 0.3) is 0 Å². The number of nitrogens with zero attached hydrogens (tertiary/aromatic N) is 2. The summed E-state index contributed by atoms with van der Waals surface area (Å²) in [6, 6.07) is 7.93. The number of carboxylic acids is 1. The molecule has 1 heterocycles. The van der Waals surface area contributed by atoms with E-state index < -0.39 is 5.97 Å². The van der Waals surface area contributed by atoms with Crippen molar-refractivity contribution in [3.05, 3.63) is 61.0 Å². The Morgan fingerprint density at radius 3 is 2.24 bits per heavy atom. The molecule has 3 fully saturated rings. The fourth-order valence-corrected chi connectivity index (χ4v) is 6.71. The van der Waals surface area contributed by atoms with Crippen LogP contribution in [0, 0.1) is 17.7 Å². The smallest absolute Gasteiger partial charge is 0.317 e. The first-order valence-corrected chi connectivity index (χ1v) is 14.7. The van der Waals surface area contributed by atoms with Gasteiger partial charge in [0.05, 0.1) is 6.54 Å². The highest BCUT2D eigenvalue weighted by atomic mass is 19.1. The molecule has 1 aromatic rings. The molecule has 1 aliphatic heterocycles. The number of aliphatic carboxylic acids is 1. The molecular weight excluding hydrogens is 463 g/mol. The summed E-state index contributed by atoms with van der Waals surface area (Å²) in [5, 5.41) is 9.50. The normalized spacial score (nSPS) is 23.4. The topological polar surface area (TPSA) is 43.8 Å². The molecular formula is C32H49FN2O2. The first-order chi connectivity index (χ1) is 18.0. The maximum absolute atomic E-state index is 13.0. The fraction of sp³-hybridized carbons (Fsp3) is 0.656. The molecule has 1 N–H and O–H groups in total. The van der Waals surface area contributed by atoms with Crippen LogP contribution in [0.3, 0.4) is 0 Å². The fourth-order valence-electron chi connectivity index (χ4n) is 6.71. The van der Waals surface area contributed by atoms with E-state index in [1.54, 1.807) is 24.3 Å². The van der Waals surface area contributed by atoms with Crippen molar-refractivity contribution in [2.75, 3.05) is 26.2 Å². The molecule has 4 rings (SSSR count). The van der Waals surface area contributed by atoms with Gasteiger partial charge in [0.15, 0.2) is 0 Å². The number of piperidine rings is 1. The lowest BCUT2D eigenvalue weighted by atomic mass is 9.90. The number of carbonyl (C=O) groups is 1. The maximum atomic E-state index is 13.0. The molecule has 3 aliphatic rings. The molecule has 1 saturated heterocycles. The van der Waals surface area contributed by atoms with Gasteiger partial charge in [-0.3, -0.25) is 9.69 Å². The molecule has 0 aromatic heterocycles. The van der Waals surface area contributed by atoms with Gasteiger partial charge in [-0.15, -0.1) is 0 Å². The van der Waals surface area contributed by atoms with E-state index in [1.807, 2.05) is 12.1 Å². The summed E-state index contributed by atoms with van der Waals surface area (Å²) in [6.45, 7) is 10.6. The van der Waals surface area contributed by atoms with Crippen LogP contribution in [-0.2, 0) is 11.2 Å². The van der Waals surface area contributed by atoms with Crippen LogP contribution >= 0.6 is 0 Å². The largest absolute Gasteiger partial charge is 0.480 e. The highest BCUT2D eigenvalue weighted by Crippen LogP contribution is 2.35. The molecule has 0 spiro atoms. The zero-order chi connectivity index (χ0) is 26.5. The number of carboxylic acid groups (broad SMARTS) is 1. The molecule has 206 valence electrons. The average Bonchev–Trinajstić information content (AvgIpc) is 3.38. The van der Waals surface area contributed by atoms with Crippen molar-refractivity contribution in [2.45, 2.75) is 95.6 Å². The first kappa shape index (κ1) is 29.6. The van der Waals surface area contributed by atoms with Crippen molar-refractivity contribution >= 4 is 5.97 Å². The van der Waals surface area contributed by atoms with Crippen molar-refractivity contribution in [3.8, 4) is 0 Å². The van der Waals surface area contributed by atoms with Gasteiger partial charge in [-0.25, -0.2) is 4.39 Å². The summed E-state index contributed by atoms with van der Waals surface area (Å²) in [5.41, 5.74) is 1.25. The second kappa shape index (κ2) is 16.1. The van der Waals surface area contributed by atoms with Gasteiger partial charge in [-0.1, -0.05) is 63.1 Å². The number of halogens is 1. The van der Waals surface area contributed by atoms with Gasteiger partial charge in [-0.2, -0.15) is 0 Å². The van der Waals surface area contributed by atoms with Crippen molar-refractivity contribution in [2.24, 2.45) is 11.8 Å². The third-order valence-electron chi connectivity index (χ3n) is 8.73. The second-order valence-electron chi connectivity index (χ2n) is 11.4. The van der Waals surface area contributed by atoms with Crippen molar-refractivity contribution in [3.63, 3.8) is 0 Å². The van der Waals surface area contributed by atoms with Crippen LogP contribution in [0.1, 0.15) is 82.6 Å². The summed E-state index contributed by atoms with van der Waals surface area (Å²) >= 11 is 0.